The fourth-order valence-corrected chi connectivity index (χ4v) is 2.82. The lowest BCUT2D eigenvalue weighted by Gasteiger charge is -2.41. The highest BCUT2D eigenvalue weighted by atomic mass is 19.2. The van der Waals surface area contributed by atoms with Gasteiger partial charge in [0, 0.05) is 38.8 Å². The van der Waals surface area contributed by atoms with E-state index in [0.29, 0.717) is 38.2 Å². The summed E-state index contributed by atoms with van der Waals surface area (Å²) in [6, 6.07) is 3.92. The van der Waals surface area contributed by atoms with Crippen molar-refractivity contribution in [3.8, 4) is 0 Å². The lowest BCUT2D eigenvalue weighted by molar-refractivity contribution is -0.120. The van der Waals surface area contributed by atoms with Gasteiger partial charge in [-0.15, -0.1) is 0 Å². The Labute approximate surface area is 128 Å². The Morgan fingerprint density at radius 2 is 2.09 bits per heavy atom. The number of carbonyl (C=O) groups is 1. The molecule has 3 N–H and O–H groups in total. The number of aliphatic hydroxyl groups excluding tert-OH is 1. The van der Waals surface area contributed by atoms with Crippen molar-refractivity contribution in [3.05, 3.63) is 35.4 Å². The maximum Gasteiger partial charge on any atom is 0.231 e. The number of primary amides is 1. The number of benzene rings is 1. The van der Waals surface area contributed by atoms with E-state index in [-0.39, 0.29) is 25.1 Å². The first-order chi connectivity index (χ1) is 10.5. The first-order valence-electron chi connectivity index (χ1n) is 7.29. The largest absolute Gasteiger partial charge is 0.396 e. The molecular weight excluding hydrogens is 292 g/mol. The molecule has 1 atom stereocenters. The highest BCUT2D eigenvalue weighted by molar-refractivity contribution is 5.75. The third kappa shape index (κ3) is 4.46. The van der Waals surface area contributed by atoms with E-state index in [9.17, 15) is 18.7 Å². The van der Waals surface area contributed by atoms with Crippen LogP contribution in [-0.4, -0.2) is 59.6 Å². The van der Waals surface area contributed by atoms with Crippen LogP contribution in [0.25, 0.3) is 0 Å². The van der Waals surface area contributed by atoms with Gasteiger partial charge in [-0.2, -0.15) is 0 Å². The van der Waals surface area contributed by atoms with Crippen molar-refractivity contribution >= 4 is 5.91 Å². The Morgan fingerprint density at radius 3 is 2.73 bits per heavy atom. The molecule has 0 radical (unpaired) electrons. The molecule has 0 spiro atoms. The van der Waals surface area contributed by atoms with Gasteiger partial charge in [-0.05, 0) is 24.1 Å². The van der Waals surface area contributed by atoms with Gasteiger partial charge in [0.25, 0.3) is 0 Å². The number of halogens is 2. The van der Waals surface area contributed by atoms with Gasteiger partial charge in [0.15, 0.2) is 11.6 Å². The standard InChI is InChI=1S/C15H21F2N3O2/c16-13-2-1-11(7-14(13)17)8-20-5-4-19(10-15(18)22)9-12(20)3-6-21/h1-2,7,12,21H,3-6,8-10H2,(H2,18,22)/t12-/m1/s1. The Balaban J connectivity index is 2.02. The van der Waals surface area contributed by atoms with Crippen LogP contribution in [0.2, 0.25) is 0 Å². The number of aliphatic hydroxyl groups is 1. The van der Waals surface area contributed by atoms with Crippen LogP contribution >= 0.6 is 0 Å². The number of rotatable bonds is 6. The highest BCUT2D eigenvalue weighted by Gasteiger charge is 2.27. The SMILES string of the molecule is NC(=O)CN1CCN(Cc2ccc(F)c(F)c2)[C@H](CCO)C1. The van der Waals surface area contributed by atoms with E-state index in [1.807, 2.05) is 4.90 Å². The Hall–Kier alpha value is -1.57. The summed E-state index contributed by atoms with van der Waals surface area (Å²) < 4.78 is 26.3. The number of hydrogen-bond donors (Lipinski definition) is 2. The highest BCUT2D eigenvalue weighted by Crippen LogP contribution is 2.18. The monoisotopic (exact) mass is 313 g/mol. The zero-order valence-corrected chi connectivity index (χ0v) is 12.3. The molecular formula is C15H21F2N3O2. The van der Waals surface area contributed by atoms with Gasteiger partial charge in [-0.25, -0.2) is 8.78 Å². The van der Waals surface area contributed by atoms with E-state index in [2.05, 4.69) is 4.90 Å². The summed E-state index contributed by atoms with van der Waals surface area (Å²) >= 11 is 0. The van der Waals surface area contributed by atoms with Gasteiger partial charge in [0.2, 0.25) is 5.91 Å². The Kier molecular flexibility index (Phi) is 5.82. The summed E-state index contributed by atoms with van der Waals surface area (Å²) in [7, 11) is 0. The number of nitrogens with zero attached hydrogens (tertiary/aromatic N) is 2. The summed E-state index contributed by atoms with van der Waals surface area (Å²) in [4.78, 5) is 15.1. The zero-order valence-electron chi connectivity index (χ0n) is 12.3. The fourth-order valence-electron chi connectivity index (χ4n) is 2.82. The van der Waals surface area contributed by atoms with Gasteiger partial charge in [0.05, 0.1) is 6.54 Å². The summed E-state index contributed by atoms with van der Waals surface area (Å²) in [6.45, 7) is 2.68. The van der Waals surface area contributed by atoms with Gasteiger partial charge >= 0.3 is 0 Å². The van der Waals surface area contributed by atoms with Gasteiger partial charge in [0.1, 0.15) is 0 Å². The molecule has 1 heterocycles. The maximum atomic E-state index is 13.3. The van der Waals surface area contributed by atoms with E-state index in [4.69, 9.17) is 5.73 Å². The molecule has 0 aromatic heterocycles. The molecule has 1 amide bonds. The molecule has 0 aliphatic carbocycles. The molecule has 22 heavy (non-hydrogen) atoms. The van der Waals surface area contributed by atoms with Crippen molar-refractivity contribution < 1.29 is 18.7 Å². The van der Waals surface area contributed by atoms with Crippen molar-refractivity contribution in [2.75, 3.05) is 32.8 Å². The van der Waals surface area contributed by atoms with E-state index < -0.39 is 11.6 Å². The molecule has 1 aromatic rings. The van der Waals surface area contributed by atoms with Crippen molar-refractivity contribution in [1.29, 1.82) is 0 Å². The van der Waals surface area contributed by atoms with Crippen molar-refractivity contribution in [2.24, 2.45) is 5.73 Å². The van der Waals surface area contributed by atoms with Crippen LogP contribution in [0.4, 0.5) is 8.78 Å². The van der Waals surface area contributed by atoms with Crippen molar-refractivity contribution in [1.82, 2.24) is 9.80 Å². The first kappa shape index (κ1) is 16.8. The van der Waals surface area contributed by atoms with Crippen LogP contribution in [0.15, 0.2) is 18.2 Å². The number of hydrogen-bond acceptors (Lipinski definition) is 4. The smallest absolute Gasteiger partial charge is 0.231 e. The van der Waals surface area contributed by atoms with E-state index in [1.165, 1.54) is 6.07 Å². The fraction of sp³-hybridized carbons (Fsp3) is 0.533. The molecule has 122 valence electrons. The lowest BCUT2D eigenvalue weighted by atomic mass is 10.1. The molecule has 0 saturated carbocycles. The summed E-state index contributed by atoms with van der Waals surface area (Å²) in [6.07, 6.45) is 0.555. The molecule has 0 bridgehead atoms. The van der Waals surface area contributed by atoms with Crippen LogP contribution in [-0.2, 0) is 11.3 Å². The van der Waals surface area contributed by atoms with E-state index in [0.717, 1.165) is 6.07 Å². The predicted molar refractivity (Wildman–Crippen MR) is 77.9 cm³/mol. The molecule has 0 unspecified atom stereocenters. The average molecular weight is 313 g/mol. The van der Waals surface area contributed by atoms with Crippen molar-refractivity contribution in [2.45, 2.75) is 19.0 Å². The minimum atomic E-state index is -0.859. The molecule has 1 aromatic carbocycles. The molecule has 1 fully saturated rings. The van der Waals surface area contributed by atoms with Crippen LogP contribution < -0.4 is 5.73 Å². The normalized spacial score (nSPS) is 20.2. The van der Waals surface area contributed by atoms with Gasteiger partial charge in [-0.1, -0.05) is 6.07 Å². The quantitative estimate of drug-likeness (QED) is 0.793. The predicted octanol–water partition coefficient (Wildman–Crippen LogP) is 0.319. The summed E-state index contributed by atoms with van der Waals surface area (Å²) in [5, 5.41) is 9.20. The third-order valence-electron chi connectivity index (χ3n) is 3.90. The second-order valence-electron chi connectivity index (χ2n) is 5.59. The van der Waals surface area contributed by atoms with Crippen LogP contribution in [0.1, 0.15) is 12.0 Å². The summed E-state index contributed by atoms with van der Waals surface area (Å²) in [5.41, 5.74) is 5.90. The lowest BCUT2D eigenvalue weighted by Crippen LogP contribution is -2.54. The second kappa shape index (κ2) is 7.62. The number of carbonyl (C=O) groups excluding carboxylic acids is 1. The molecule has 1 saturated heterocycles. The van der Waals surface area contributed by atoms with Gasteiger partial charge < -0.3 is 10.8 Å². The Morgan fingerprint density at radius 1 is 1.32 bits per heavy atom. The topological polar surface area (TPSA) is 69.8 Å². The number of nitrogens with two attached hydrogens (primary N) is 1. The van der Waals surface area contributed by atoms with Crippen LogP contribution in [0, 0.1) is 11.6 Å². The second-order valence-corrected chi connectivity index (χ2v) is 5.59. The number of piperazine rings is 1. The molecule has 1 aliphatic heterocycles. The minimum Gasteiger partial charge on any atom is -0.396 e. The van der Waals surface area contributed by atoms with Crippen LogP contribution in [0.3, 0.4) is 0 Å². The first-order valence-corrected chi connectivity index (χ1v) is 7.29. The number of amides is 1. The average Bonchev–Trinajstić information content (AvgIpc) is 2.45. The van der Waals surface area contributed by atoms with Gasteiger partial charge in [-0.3, -0.25) is 14.6 Å². The molecule has 5 nitrogen and oxygen atoms in total. The van der Waals surface area contributed by atoms with E-state index in [1.54, 1.807) is 6.07 Å². The Bertz CT molecular complexity index is 528. The molecule has 2 rings (SSSR count). The van der Waals surface area contributed by atoms with E-state index >= 15 is 0 Å². The zero-order chi connectivity index (χ0) is 16.1. The third-order valence-corrected chi connectivity index (χ3v) is 3.90. The maximum absolute atomic E-state index is 13.3. The molecule has 7 heteroatoms. The minimum absolute atomic E-state index is 0.0311. The molecule has 1 aliphatic rings. The summed E-state index contributed by atoms with van der Waals surface area (Å²) in [5.74, 6) is -2.10. The van der Waals surface area contributed by atoms with Crippen LogP contribution in [0.5, 0.6) is 0 Å². The van der Waals surface area contributed by atoms with Crippen molar-refractivity contribution in [3.63, 3.8) is 0 Å².